The van der Waals surface area contributed by atoms with E-state index in [1.54, 1.807) is 0 Å². The Morgan fingerprint density at radius 1 is 1.39 bits per heavy atom. The Kier molecular flexibility index (Phi) is 4.38. The Morgan fingerprint density at radius 3 is 2.83 bits per heavy atom. The first-order valence-electron chi connectivity index (χ1n) is 6.03. The fourth-order valence-corrected chi connectivity index (χ4v) is 2.35. The van der Waals surface area contributed by atoms with E-state index in [-0.39, 0.29) is 0 Å². The van der Waals surface area contributed by atoms with Gasteiger partial charge in [0, 0.05) is 17.6 Å². The van der Waals surface area contributed by atoms with Crippen molar-refractivity contribution in [3.05, 3.63) is 40.6 Å². The molecule has 0 unspecified atom stereocenters. The van der Waals surface area contributed by atoms with Crippen LogP contribution >= 0.6 is 15.9 Å². The lowest BCUT2D eigenvalue weighted by Crippen LogP contribution is -2.14. The van der Waals surface area contributed by atoms with Crippen molar-refractivity contribution in [1.82, 2.24) is 9.78 Å². The number of benzene rings is 1. The van der Waals surface area contributed by atoms with E-state index in [1.807, 2.05) is 35.1 Å². The van der Waals surface area contributed by atoms with Gasteiger partial charge in [-0.25, -0.2) is 4.68 Å². The third kappa shape index (κ3) is 2.57. The van der Waals surface area contributed by atoms with E-state index in [0.29, 0.717) is 6.54 Å². The highest BCUT2D eigenvalue weighted by Crippen LogP contribution is 2.25. The lowest BCUT2D eigenvalue weighted by atomic mass is 10.2. The van der Waals surface area contributed by atoms with Gasteiger partial charge in [0.2, 0.25) is 0 Å². The second kappa shape index (κ2) is 6.02. The topological polar surface area (TPSA) is 55.9 Å². The van der Waals surface area contributed by atoms with Crippen molar-refractivity contribution in [3.63, 3.8) is 0 Å². The van der Waals surface area contributed by atoms with Crippen molar-refractivity contribution in [2.75, 3.05) is 18.4 Å². The Hall–Kier alpha value is -1.33. The van der Waals surface area contributed by atoms with Gasteiger partial charge in [-0.2, -0.15) is 5.10 Å². The number of hydrogen-bond donors (Lipinski definition) is 2. The van der Waals surface area contributed by atoms with Crippen LogP contribution in [0.15, 0.2) is 34.9 Å². The number of nitrogens with one attached hydrogen (secondary N) is 1. The Morgan fingerprint density at radius 2 is 2.17 bits per heavy atom. The van der Waals surface area contributed by atoms with Gasteiger partial charge in [-0.05, 0) is 34.5 Å². The van der Waals surface area contributed by atoms with Gasteiger partial charge in [-0.3, -0.25) is 0 Å². The van der Waals surface area contributed by atoms with Gasteiger partial charge in [0.15, 0.2) is 0 Å². The smallest absolute Gasteiger partial charge is 0.0791 e. The van der Waals surface area contributed by atoms with Gasteiger partial charge >= 0.3 is 0 Å². The molecule has 3 N–H and O–H groups in total. The van der Waals surface area contributed by atoms with Gasteiger partial charge < -0.3 is 11.1 Å². The van der Waals surface area contributed by atoms with E-state index in [1.165, 1.54) is 0 Å². The lowest BCUT2D eigenvalue weighted by molar-refractivity contribution is 0.811. The third-order valence-electron chi connectivity index (χ3n) is 2.74. The maximum absolute atomic E-state index is 5.51. The van der Waals surface area contributed by atoms with Crippen LogP contribution in [0.2, 0.25) is 0 Å². The van der Waals surface area contributed by atoms with Gasteiger partial charge in [0.1, 0.15) is 0 Å². The Bertz CT molecular complexity index is 521. The SMILES string of the molecule is CCc1c(NCCN)cnn1-c1ccccc1Br. The maximum atomic E-state index is 5.51. The van der Waals surface area contributed by atoms with Gasteiger partial charge in [0.05, 0.1) is 23.3 Å². The fraction of sp³-hybridized carbons (Fsp3) is 0.308. The summed E-state index contributed by atoms with van der Waals surface area (Å²) in [6, 6.07) is 8.07. The van der Waals surface area contributed by atoms with E-state index < -0.39 is 0 Å². The van der Waals surface area contributed by atoms with Crippen molar-refractivity contribution in [1.29, 1.82) is 0 Å². The molecular weight excluding hydrogens is 292 g/mol. The molecule has 0 aliphatic carbocycles. The third-order valence-corrected chi connectivity index (χ3v) is 3.41. The summed E-state index contributed by atoms with van der Waals surface area (Å²) >= 11 is 3.56. The zero-order chi connectivity index (χ0) is 13.0. The van der Waals surface area contributed by atoms with Crippen molar-refractivity contribution >= 4 is 21.6 Å². The summed E-state index contributed by atoms with van der Waals surface area (Å²) in [5.74, 6) is 0. The second-order valence-corrected chi connectivity index (χ2v) is 4.79. The molecule has 2 aromatic rings. The molecule has 96 valence electrons. The van der Waals surface area contributed by atoms with Crippen LogP contribution < -0.4 is 11.1 Å². The zero-order valence-corrected chi connectivity index (χ0v) is 11.9. The molecule has 18 heavy (non-hydrogen) atoms. The van der Waals surface area contributed by atoms with Crippen LogP contribution in [-0.4, -0.2) is 22.9 Å². The summed E-state index contributed by atoms with van der Waals surface area (Å²) < 4.78 is 3.00. The molecule has 5 heteroatoms. The van der Waals surface area contributed by atoms with E-state index in [4.69, 9.17) is 5.73 Å². The van der Waals surface area contributed by atoms with Crippen LogP contribution in [0, 0.1) is 0 Å². The minimum atomic E-state index is 0.614. The molecule has 0 fully saturated rings. The second-order valence-electron chi connectivity index (χ2n) is 3.94. The highest BCUT2D eigenvalue weighted by Gasteiger charge is 2.11. The standard InChI is InChI=1S/C13H17BrN4/c1-2-12-11(16-8-7-15)9-17-18(12)13-6-4-3-5-10(13)14/h3-6,9,16H,2,7-8,15H2,1H3. The molecule has 0 aliphatic rings. The predicted molar refractivity (Wildman–Crippen MR) is 78.2 cm³/mol. The van der Waals surface area contributed by atoms with Gasteiger partial charge in [-0.15, -0.1) is 0 Å². The average molecular weight is 309 g/mol. The summed E-state index contributed by atoms with van der Waals surface area (Å²) in [4.78, 5) is 0. The normalized spacial score (nSPS) is 10.6. The highest BCUT2D eigenvalue weighted by atomic mass is 79.9. The summed E-state index contributed by atoms with van der Waals surface area (Å²) in [6.07, 6.45) is 2.77. The minimum Gasteiger partial charge on any atom is -0.381 e. The summed E-state index contributed by atoms with van der Waals surface area (Å²) in [7, 11) is 0. The monoisotopic (exact) mass is 308 g/mol. The van der Waals surface area contributed by atoms with Gasteiger partial charge in [-0.1, -0.05) is 19.1 Å². The average Bonchev–Trinajstić information content (AvgIpc) is 2.79. The Balaban J connectivity index is 2.40. The fourth-order valence-electron chi connectivity index (χ4n) is 1.90. The summed E-state index contributed by atoms with van der Waals surface area (Å²) in [5.41, 5.74) is 8.78. The van der Waals surface area contributed by atoms with Crippen LogP contribution in [-0.2, 0) is 6.42 Å². The summed E-state index contributed by atoms with van der Waals surface area (Å²) in [5, 5.41) is 7.75. The number of nitrogens with zero attached hydrogens (tertiary/aromatic N) is 2. The van der Waals surface area contributed by atoms with Gasteiger partial charge in [0.25, 0.3) is 0 Å². The predicted octanol–water partition coefficient (Wildman–Crippen LogP) is 2.57. The van der Waals surface area contributed by atoms with E-state index in [0.717, 1.165) is 34.5 Å². The first kappa shape index (κ1) is 13.1. The number of para-hydroxylation sites is 1. The van der Waals surface area contributed by atoms with E-state index in [9.17, 15) is 0 Å². The molecule has 2 rings (SSSR count). The minimum absolute atomic E-state index is 0.614. The molecule has 0 spiro atoms. The summed E-state index contributed by atoms with van der Waals surface area (Å²) in [6.45, 7) is 3.50. The van der Waals surface area contributed by atoms with Crippen LogP contribution in [0.25, 0.3) is 5.69 Å². The molecule has 0 saturated carbocycles. The quantitative estimate of drug-likeness (QED) is 0.892. The first-order chi connectivity index (χ1) is 8.77. The lowest BCUT2D eigenvalue weighted by Gasteiger charge is -2.10. The van der Waals surface area contributed by atoms with Crippen molar-refractivity contribution in [3.8, 4) is 5.69 Å². The molecule has 0 radical (unpaired) electrons. The van der Waals surface area contributed by atoms with Crippen LogP contribution in [0.3, 0.4) is 0 Å². The molecule has 0 aliphatic heterocycles. The number of rotatable bonds is 5. The molecule has 1 aromatic heterocycles. The molecule has 4 nitrogen and oxygen atoms in total. The number of anilines is 1. The highest BCUT2D eigenvalue weighted by molar-refractivity contribution is 9.10. The molecule has 1 aromatic carbocycles. The van der Waals surface area contributed by atoms with Crippen LogP contribution in [0.4, 0.5) is 5.69 Å². The molecule has 0 bridgehead atoms. The number of hydrogen-bond acceptors (Lipinski definition) is 3. The number of nitrogens with two attached hydrogens (primary N) is 1. The molecule has 0 amide bonds. The molecule has 1 heterocycles. The number of aromatic nitrogens is 2. The van der Waals surface area contributed by atoms with Crippen LogP contribution in [0.1, 0.15) is 12.6 Å². The largest absolute Gasteiger partial charge is 0.381 e. The maximum Gasteiger partial charge on any atom is 0.0791 e. The van der Waals surface area contributed by atoms with Crippen LogP contribution in [0.5, 0.6) is 0 Å². The van der Waals surface area contributed by atoms with E-state index in [2.05, 4.69) is 33.3 Å². The van der Waals surface area contributed by atoms with Crippen molar-refractivity contribution in [2.24, 2.45) is 5.73 Å². The number of halogens is 1. The molecular formula is C13H17BrN4. The molecule has 0 atom stereocenters. The first-order valence-corrected chi connectivity index (χ1v) is 6.83. The Labute approximate surface area is 115 Å². The zero-order valence-electron chi connectivity index (χ0n) is 10.4. The van der Waals surface area contributed by atoms with Crippen molar-refractivity contribution in [2.45, 2.75) is 13.3 Å². The van der Waals surface area contributed by atoms with E-state index >= 15 is 0 Å². The van der Waals surface area contributed by atoms with Crippen molar-refractivity contribution < 1.29 is 0 Å². The molecule has 0 saturated heterocycles.